The minimum absolute atomic E-state index is 0.294. The van der Waals surface area contributed by atoms with Gasteiger partial charge in [0, 0.05) is 18.5 Å². The van der Waals surface area contributed by atoms with E-state index in [4.69, 9.17) is 0 Å². The Bertz CT molecular complexity index is 743. The van der Waals surface area contributed by atoms with Gasteiger partial charge in [-0.25, -0.2) is 8.42 Å². The average molecular weight is 278 g/mol. The summed E-state index contributed by atoms with van der Waals surface area (Å²) in [6, 6.07) is 6.64. The number of aryl methyl sites for hydroxylation is 2. The molecule has 0 spiro atoms. The Kier molecular flexibility index (Phi) is 3.44. The maximum absolute atomic E-state index is 12.2. The molecule has 1 heterocycles. The van der Waals surface area contributed by atoms with Crippen molar-refractivity contribution in [1.29, 1.82) is 0 Å². The predicted octanol–water partition coefficient (Wildman–Crippen LogP) is 1.79. The molecule has 0 radical (unpaired) electrons. The fourth-order valence-electron chi connectivity index (χ4n) is 1.78. The maximum atomic E-state index is 12.2. The third-order valence-corrected chi connectivity index (χ3v) is 4.17. The molecule has 0 bridgehead atoms. The zero-order chi connectivity index (χ0) is 14.0. The number of aromatic nitrogens is 1. The Hall–Kier alpha value is -2.08. The molecule has 0 saturated carbocycles. The minimum Gasteiger partial charge on any atom is -0.366 e. The lowest BCUT2D eigenvalue weighted by Gasteiger charge is -2.12. The summed E-state index contributed by atoms with van der Waals surface area (Å²) in [4.78, 5) is 13.9. The van der Waals surface area contributed by atoms with E-state index >= 15 is 0 Å². The lowest BCUT2D eigenvalue weighted by Crippen LogP contribution is -2.21. The van der Waals surface area contributed by atoms with Gasteiger partial charge in [0.25, 0.3) is 10.0 Å². The molecule has 0 aliphatic carbocycles. The Labute approximate surface area is 111 Å². The topological polar surface area (TPSA) is 79.0 Å². The summed E-state index contributed by atoms with van der Waals surface area (Å²) in [5.74, 6) is 0. The van der Waals surface area contributed by atoms with E-state index in [1.54, 1.807) is 26.0 Å². The molecular formula is C13H14N2O3S. The van der Waals surface area contributed by atoms with Crippen LogP contribution in [0.25, 0.3) is 0 Å². The Balaban J connectivity index is 2.49. The van der Waals surface area contributed by atoms with E-state index in [1.807, 2.05) is 6.07 Å². The van der Waals surface area contributed by atoms with Gasteiger partial charge in [0.1, 0.15) is 0 Å². The van der Waals surface area contributed by atoms with E-state index in [1.165, 1.54) is 18.5 Å². The van der Waals surface area contributed by atoms with Crippen molar-refractivity contribution in [2.75, 3.05) is 4.72 Å². The molecule has 5 nitrogen and oxygen atoms in total. The lowest BCUT2D eigenvalue weighted by atomic mass is 10.1. The largest absolute Gasteiger partial charge is 0.366 e. The van der Waals surface area contributed by atoms with E-state index in [0.717, 1.165) is 11.1 Å². The summed E-state index contributed by atoms with van der Waals surface area (Å²) in [6.07, 6.45) is 2.57. The fraction of sp³-hybridized carbons (Fsp3) is 0.154. The number of nitrogens with one attached hydrogen (secondary N) is 2. The second-order valence-electron chi connectivity index (χ2n) is 4.25. The maximum Gasteiger partial charge on any atom is 0.267 e. The molecule has 100 valence electrons. The summed E-state index contributed by atoms with van der Waals surface area (Å²) in [7, 11) is -3.88. The standard InChI is InChI=1S/C13H14N2O3S/c1-9-4-3-5-10(2)13(9)15-19(17,18)12-8-14-7-6-11(12)16/h3-8,15H,1-2H3,(H,14,16). The molecular weight excluding hydrogens is 264 g/mol. The molecule has 1 aromatic carbocycles. The van der Waals surface area contributed by atoms with Crippen molar-refractivity contribution in [3.63, 3.8) is 0 Å². The van der Waals surface area contributed by atoms with Crippen molar-refractivity contribution in [3.8, 4) is 0 Å². The highest BCUT2D eigenvalue weighted by molar-refractivity contribution is 7.92. The first-order valence-corrected chi connectivity index (χ1v) is 7.16. The third kappa shape index (κ3) is 2.68. The SMILES string of the molecule is Cc1cccc(C)c1NS(=O)(=O)c1c[nH]ccc1=O. The van der Waals surface area contributed by atoms with E-state index in [9.17, 15) is 13.2 Å². The van der Waals surface area contributed by atoms with Gasteiger partial charge in [0.2, 0.25) is 5.43 Å². The molecule has 2 aromatic rings. The number of hydrogen-bond donors (Lipinski definition) is 2. The highest BCUT2D eigenvalue weighted by atomic mass is 32.2. The van der Waals surface area contributed by atoms with Crippen molar-refractivity contribution >= 4 is 15.7 Å². The predicted molar refractivity (Wildman–Crippen MR) is 73.8 cm³/mol. The highest BCUT2D eigenvalue weighted by Gasteiger charge is 2.19. The van der Waals surface area contributed by atoms with Crippen LogP contribution in [0.1, 0.15) is 11.1 Å². The molecule has 6 heteroatoms. The third-order valence-electron chi connectivity index (χ3n) is 2.80. The highest BCUT2D eigenvalue weighted by Crippen LogP contribution is 2.22. The Morgan fingerprint density at radius 1 is 1.11 bits per heavy atom. The van der Waals surface area contributed by atoms with Gasteiger partial charge >= 0.3 is 0 Å². The first-order chi connectivity index (χ1) is 8.92. The molecule has 1 aromatic heterocycles. The van der Waals surface area contributed by atoms with Crippen LogP contribution in [-0.2, 0) is 10.0 Å². The van der Waals surface area contributed by atoms with Crippen molar-refractivity contribution in [1.82, 2.24) is 4.98 Å². The smallest absolute Gasteiger partial charge is 0.267 e. The number of pyridine rings is 1. The van der Waals surface area contributed by atoms with Crippen LogP contribution in [0.15, 0.2) is 46.3 Å². The van der Waals surface area contributed by atoms with Gasteiger partial charge in [-0.15, -0.1) is 0 Å². The van der Waals surface area contributed by atoms with Crippen LogP contribution in [0.4, 0.5) is 5.69 Å². The molecule has 0 aliphatic heterocycles. The van der Waals surface area contributed by atoms with Crippen molar-refractivity contribution in [2.24, 2.45) is 0 Å². The van der Waals surface area contributed by atoms with Crippen molar-refractivity contribution in [3.05, 3.63) is 58.0 Å². The van der Waals surface area contributed by atoms with Gasteiger partial charge in [-0.2, -0.15) is 0 Å². The van der Waals surface area contributed by atoms with E-state index in [0.29, 0.717) is 5.69 Å². The Morgan fingerprint density at radius 3 is 2.32 bits per heavy atom. The van der Waals surface area contributed by atoms with Gasteiger partial charge in [-0.1, -0.05) is 18.2 Å². The fourth-order valence-corrected chi connectivity index (χ4v) is 3.03. The van der Waals surface area contributed by atoms with E-state index in [-0.39, 0.29) is 4.90 Å². The quantitative estimate of drug-likeness (QED) is 0.898. The molecule has 0 fully saturated rings. The molecule has 2 N–H and O–H groups in total. The second-order valence-corrected chi connectivity index (χ2v) is 5.90. The van der Waals surface area contributed by atoms with Crippen LogP contribution >= 0.6 is 0 Å². The van der Waals surface area contributed by atoms with Crippen LogP contribution in [-0.4, -0.2) is 13.4 Å². The number of hydrogen-bond acceptors (Lipinski definition) is 3. The number of anilines is 1. The first kappa shape index (κ1) is 13.4. The second kappa shape index (κ2) is 4.89. The van der Waals surface area contributed by atoms with E-state index < -0.39 is 15.5 Å². The van der Waals surface area contributed by atoms with E-state index in [2.05, 4.69) is 9.71 Å². The number of benzene rings is 1. The summed E-state index contributed by atoms with van der Waals surface area (Å²) in [5.41, 5.74) is 1.56. The molecule has 0 saturated heterocycles. The number of aromatic amines is 1. The van der Waals surface area contributed by atoms with Crippen LogP contribution in [0.5, 0.6) is 0 Å². The molecule has 0 atom stereocenters. The number of H-pyrrole nitrogens is 1. The summed E-state index contributed by atoms with van der Waals surface area (Å²) in [5, 5.41) is 0. The van der Waals surface area contributed by atoms with Gasteiger partial charge in [0.15, 0.2) is 4.90 Å². The van der Waals surface area contributed by atoms with Crippen LogP contribution in [0.3, 0.4) is 0 Å². The van der Waals surface area contributed by atoms with Gasteiger partial charge in [-0.3, -0.25) is 9.52 Å². The summed E-state index contributed by atoms with van der Waals surface area (Å²) >= 11 is 0. The van der Waals surface area contributed by atoms with Crippen molar-refractivity contribution < 1.29 is 8.42 Å². The lowest BCUT2D eigenvalue weighted by molar-refractivity contribution is 0.600. The minimum atomic E-state index is -3.88. The normalized spacial score (nSPS) is 11.3. The molecule has 19 heavy (non-hydrogen) atoms. The van der Waals surface area contributed by atoms with Gasteiger partial charge in [-0.05, 0) is 25.0 Å². The monoisotopic (exact) mass is 278 g/mol. The summed E-state index contributed by atoms with van der Waals surface area (Å²) < 4.78 is 26.9. The average Bonchev–Trinajstić information content (AvgIpc) is 2.34. The zero-order valence-corrected chi connectivity index (χ0v) is 11.4. The van der Waals surface area contributed by atoms with Crippen LogP contribution in [0, 0.1) is 13.8 Å². The number of rotatable bonds is 3. The number of para-hydroxylation sites is 1. The Morgan fingerprint density at radius 2 is 1.74 bits per heavy atom. The van der Waals surface area contributed by atoms with Crippen molar-refractivity contribution in [2.45, 2.75) is 18.7 Å². The van der Waals surface area contributed by atoms with Crippen LogP contribution < -0.4 is 10.2 Å². The molecule has 0 aliphatic rings. The van der Waals surface area contributed by atoms with Crippen LogP contribution in [0.2, 0.25) is 0 Å². The molecule has 2 rings (SSSR count). The zero-order valence-electron chi connectivity index (χ0n) is 10.6. The molecule has 0 unspecified atom stereocenters. The number of sulfonamides is 1. The summed E-state index contributed by atoms with van der Waals surface area (Å²) in [6.45, 7) is 3.61. The van der Waals surface area contributed by atoms with Gasteiger partial charge in [0.05, 0.1) is 5.69 Å². The van der Waals surface area contributed by atoms with Gasteiger partial charge < -0.3 is 4.98 Å². The molecule has 0 amide bonds. The first-order valence-electron chi connectivity index (χ1n) is 5.68.